The summed E-state index contributed by atoms with van der Waals surface area (Å²) in [5, 5.41) is 4.78. The summed E-state index contributed by atoms with van der Waals surface area (Å²) in [6.45, 7) is 6.98. The van der Waals surface area contributed by atoms with Gasteiger partial charge in [0.2, 0.25) is 0 Å². The highest BCUT2D eigenvalue weighted by Crippen LogP contribution is 2.34. The zero-order valence-corrected chi connectivity index (χ0v) is 13.0. The summed E-state index contributed by atoms with van der Waals surface area (Å²) in [6.07, 6.45) is 2.07. The zero-order chi connectivity index (χ0) is 13.9. The van der Waals surface area contributed by atoms with Crippen LogP contribution in [-0.2, 0) is 11.2 Å². The Labute approximate surface area is 125 Å². The molecule has 0 radical (unpaired) electrons. The fourth-order valence-corrected chi connectivity index (χ4v) is 2.81. The highest BCUT2D eigenvalue weighted by molar-refractivity contribution is 6.42. The molecule has 4 heteroatoms. The van der Waals surface area contributed by atoms with E-state index < -0.39 is 0 Å². The Morgan fingerprint density at radius 2 is 2.11 bits per heavy atom. The van der Waals surface area contributed by atoms with Gasteiger partial charge in [0.05, 0.1) is 16.7 Å². The quantitative estimate of drug-likeness (QED) is 0.889. The van der Waals surface area contributed by atoms with E-state index in [0.717, 1.165) is 32.6 Å². The maximum absolute atomic E-state index is 6.09. The largest absolute Gasteiger partial charge is 0.381 e. The second kappa shape index (κ2) is 6.45. The normalized spacial score (nSPS) is 23.2. The molecule has 1 aliphatic rings. The molecule has 1 atom stereocenters. The van der Waals surface area contributed by atoms with Crippen molar-refractivity contribution in [1.82, 2.24) is 5.32 Å². The highest BCUT2D eigenvalue weighted by atomic mass is 35.5. The minimum Gasteiger partial charge on any atom is -0.381 e. The van der Waals surface area contributed by atoms with E-state index >= 15 is 0 Å². The summed E-state index contributed by atoms with van der Waals surface area (Å²) >= 11 is 12.1. The molecular weight excluding hydrogens is 281 g/mol. The summed E-state index contributed by atoms with van der Waals surface area (Å²) in [7, 11) is 0. The third kappa shape index (κ3) is 4.09. The lowest BCUT2D eigenvalue weighted by atomic mass is 9.80. The number of hydrogen-bond donors (Lipinski definition) is 1. The van der Waals surface area contributed by atoms with Gasteiger partial charge in [-0.25, -0.2) is 0 Å². The summed E-state index contributed by atoms with van der Waals surface area (Å²) in [5.41, 5.74) is 1.41. The summed E-state index contributed by atoms with van der Waals surface area (Å²) in [6, 6.07) is 6.40. The standard InChI is InChI=1S/C15H21Cl2NO/c1-11(2)18-9-15(5-6-19-10-15)8-12-3-4-13(16)14(17)7-12/h3-4,7,11,18H,5-6,8-10H2,1-2H3. The van der Waals surface area contributed by atoms with Crippen LogP contribution in [0.2, 0.25) is 10.0 Å². The molecule has 0 saturated carbocycles. The van der Waals surface area contributed by atoms with Crippen molar-refractivity contribution in [2.24, 2.45) is 5.41 Å². The Morgan fingerprint density at radius 3 is 2.68 bits per heavy atom. The van der Waals surface area contributed by atoms with Crippen LogP contribution in [0.4, 0.5) is 0 Å². The van der Waals surface area contributed by atoms with Crippen LogP contribution >= 0.6 is 23.2 Å². The second-order valence-corrected chi connectivity index (χ2v) is 6.58. The predicted molar refractivity (Wildman–Crippen MR) is 81.2 cm³/mol. The summed E-state index contributed by atoms with van der Waals surface area (Å²) in [4.78, 5) is 0. The molecule has 1 unspecified atom stereocenters. The van der Waals surface area contributed by atoms with Crippen molar-refractivity contribution >= 4 is 23.2 Å². The minimum absolute atomic E-state index is 0.182. The molecule has 1 saturated heterocycles. The molecule has 1 aromatic carbocycles. The monoisotopic (exact) mass is 301 g/mol. The van der Waals surface area contributed by atoms with Gasteiger partial charge in [-0.3, -0.25) is 0 Å². The van der Waals surface area contributed by atoms with Gasteiger partial charge in [0.1, 0.15) is 0 Å². The van der Waals surface area contributed by atoms with Crippen LogP contribution in [0.25, 0.3) is 0 Å². The lowest BCUT2D eigenvalue weighted by molar-refractivity contribution is 0.148. The maximum Gasteiger partial charge on any atom is 0.0595 e. The van der Waals surface area contributed by atoms with Gasteiger partial charge in [-0.15, -0.1) is 0 Å². The first-order chi connectivity index (χ1) is 9.01. The van der Waals surface area contributed by atoms with E-state index in [1.165, 1.54) is 5.56 Å². The number of halogens is 2. The molecule has 1 aromatic rings. The smallest absolute Gasteiger partial charge is 0.0595 e. The summed E-state index contributed by atoms with van der Waals surface area (Å²) in [5.74, 6) is 0. The summed E-state index contributed by atoms with van der Waals surface area (Å²) < 4.78 is 5.62. The number of benzene rings is 1. The Bertz CT molecular complexity index is 428. The molecule has 1 N–H and O–H groups in total. The molecule has 106 valence electrons. The molecule has 1 aliphatic heterocycles. The maximum atomic E-state index is 6.09. The highest BCUT2D eigenvalue weighted by Gasteiger charge is 2.35. The molecule has 0 aromatic heterocycles. The van der Waals surface area contributed by atoms with Gasteiger partial charge in [0.15, 0.2) is 0 Å². The van der Waals surface area contributed by atoms with E-state index in [4.69, 9.17) is 27.9 Å². The average molecular weight is 302 g/mol. The van der Waals surface area contributed by atoms with E-state index in [1.54, 1.807) is 0 Å². The number of nitrogens with one attached hydrogen (secondary N) is 1. The van der Waals surface area contributed by atoms with Crippen LogP contribution in [-0.4, -0.2) is 25.8 Å². The SMILES string of the molecule is CC(C)NCC1(Cc2ccc(Cl)c(Cl)c2)CCOC1. The number of ether oxygens (including phenoxy) is 1. The fourth-order valence-electron chi connectivity index (χ4n) is 2.49. The first-order valence-electron chi connectivity index (χ1n) is 6.76. The van der Waals surface area contributed by atoms with Gasteiger partial charge in [-0.2, -0.15) is 0 Å². The fraction of sp³-hybridized carbons (Fsp3) is 0.600. The van der Waals surface area contributed by atoms with Crippen LogP contribution in [0, 0.1) is 5.41 Å². The molecule has 19 heavy (non-hydrogen) atoms. The Kier molecular flexibility index (Phi) is 5.13. The predicted octanol–water partition coefficient (Wildman–Crippen LogP) is 3.94. The first-order valence-corrected chi connectivity index (χ1v) is 7.51. The third-order valence-electron chi connectivity index (χ3n) is 3.63. The van der Waals surface area contributed by atoms with Crippen molar-refractivity contribution in [1.29, 1.82) is 0 Å². The van der Waals surface area contributed by atoms with Crippen molar-refractivity contribution in [3.8, 4) is 0 Å². The second-order valence-electron chi connectivity index (χ2n) is 5.76. The Balaban J connectivity index is 2.09. The number of hydrogen-bond acceptors (Lipinski definition) is 2. The lowest BCUT2D eigenvalue weighted by Crippen LogP contribution is -2.39. The first kappa shape index (κ1) is 15.1. The van der Waals surface area contributed by atoms with Crippen LogP contribution in [0.5, 0.6) is 0 Å². The van der Waals surface area contributed by atoms with Crippen molar-refractivity contribution < 1.29 is 4.74 Å². The van der Waals surface area contributed by atoms with Crippen molar-refractivity contribution in [2.75, 3.05) is 19.8 Å². The van der Waals surface area contributed by atoms with Crippen molar-refractivity contribution in [3.05, 3.63) is 33.8 Å². The Morgan fingerprint density at radius 1 is 1.32 bits per heavy atom. The van der Waals surface area contributed by atoms with Gasteiger partial charge in [-0.1, -0.05) is 43.1 Å². The Hall–Kier alpha value is -0.280. The van der Waals surface area contributed by atoms with Gasteiger partial charge in [0.25, 0.3) is 0 Å². The molecule has 0 bridgehead atoms. The third-order valence-corrected chi connectivity index (χ3v) is 4.37. The molecular formula is C15H21Cl2NO. The van der Waals surface area contributed by atoms with Crippen LogP contribution in [0.3, 0.4) is 0 Å². The minimum atomic E-state index is 0.182. The van der Waals surface area contributed by atoms with Gasteiger partial charge >= 0.3 is 0 Å². The van der Waals surface area contributed by atoms with Crippen LogP contribution in [0.15, 0.2) is 18.2 Å². The van der Waals surface area contributed by atoms with Crippen LogP contribution < -0.4 is 5.32 Å². The van der Waals surface area contributed by atoms with Gasteiger partial charge in [-0.05, 0) is 30.5 Å². The van der Waals surface area contributed by atoms with Crippen LogP contribution in [0.1, 0.15) is 25.8 Å². The number of rotatable bonds is 5. The topological polar surface area (TPSA) is 21.3 Å². The molecule has 2 nitrogen and oxygen atoms in total. The van der Waals surface area contributed by atoms with E-state index in [0.29, 0.717) is 16.1 Å². The zero-order valence-electron chi connectivity index (χ0n) is 11.5. The van der Waals surface area contributed by atoms with E-state index in [1.807, 2.05) is 12.1 Å². The molecule has 1 fully saturated rings. The molecule has 1 heterocycles. The van der Waals surface area contributed by atoms with E-state index in [9.17, 15) is 0 Å². The van der Waals surface area contributed by atoms with Gasteiger partial charge in [0, 0.05) is 24.6 Å². The average Bonchev–Trinajstić information content (AvgIpc) is 2.81. The molecule has 2 rings (SSSR count). The van der Waals surface area contributed by atoms with Crippen molar-refractivity contribution in [3.63, 3.8) is 0 Å². The van der Waals surface area contributed by atoms with E-state index in [-0.39, 0.29) is 5.41 Å². The van der Waals surface area contributed by atoms with E-state index in [2.05, 4.69) is 25.2 Å². The molecule has 0 amide bonds. The molecule has 0 spiro atoms. The van der Waals surface area contributed by atoms with Crippen molar-refractivity contribution in [2.45, 2.75) is 32.7 Å². The lowest BCUT2D eigenvalue weighted by Gasteiger charge is -2.29. The van der Waals surface area contributed by atoms with Gasteiger partial charge < -0.3 is 10.1 Å². The molecule has 0 aliphatic carbocycles.